The van der Waals surface area contributed by atoms with Gasteiger partial charge in [-0.15, -0.1) is 0 Å². The molecular weight excluding hydrogens is 254 g/mol. The minimum Gasteiger partial charge on any atom is -0.493 e. The second kappa shape index (κ2) is 4.99. The highest BCUT2D eigenvalue weighted by molar-refractivity contribution is 5.46. The number of hydrogen-bond donors (Lipinski definition) is 0. The fraction of sp³-hybridized carbons (Fsp3) is 0.562. The first-order valence-electron chi connectivity index (χ1n) is 6.72. The summed E-state index contributed by atoms with van der Waals surface area (Å²) >= 11 is 0. The molecule has 1 aromatic rings. The van der Waals surface area contributed by atoms with Gasteiger partial charge in [-0.2, -0.15) is 5.26 Å². The van der Waals surface area contributed by atoms with Gasteiger partial charge in [0.1, 0.15) is 11.7 Å². The Morgan fingerprint density at radius 2 is 1.95 bits per heavy atom. The predicted molar refractivity (Wildman–Crippen MR) is 76.0 cm³/mol. The second-order valence-corrected chi connectivity index (χ2v) is 6.25. The van der Waals surface area contributed by atoms with Gasteiger partial charge in [-0.3, -0.25) is 0 Å². The molecule has 0 amide bonds. The molecule has 2 rings (SSSR count). The molecule has 0 saturated carbocycles. The van der Waals surface area contributed by atoms with Gasteiger partial charge in [-0.05, 0) is 39.8 Å². The number of methoxy groups -OCH3 is 1. The van der Waals surface area contributed by atoms with E-state index in [9.17, 15) is 0 Å². The van der Waals surface area contributed by atoms with Gasteiger partial charge in [0.15, 0.2) is 11.5 Å². The summed E-state index contributed by atoms with van der Waals surface area (Å²) in [6.07, 6.45) is 0.753. The summed E-state index contributed by atoms with van der Waals surface area (Å²) in [5, 5.41) is 8.92. The molecule has 1 aliphatic rings. The van der Waals surface area contributed by atoms with E-state index in [4.69, 9.17) is 19.5 Å². The summed E-state index contributed by atoms with van der Waals surface area (Å²) < 4.78 is 17.4. The number of benzene rings is 1. The van der Waals surface area contributed by atoms with Crippen LogP contribution in [0.3, 0.4) is 0 Å². The summed E-state index contributed by atoms with van der Waals surface area (Å²) in [5.41, 5.74) is -0.00684. The van der Waals surface area contributed by atoms with E-state index in [0.717, 1.165) is 6.42 Å². The van der Waals surface area contributed by atoms with Crippen LogP contribution < -0.4 is 9.47 Å². The summed E-state index contributed by atoms with van der Waals surface area (Å²) in [7, 11) is 1.57. The molecule has 0 aromatic heterocycles. The van der Waals surface area contributed by atoms with Crippen LogP contribution in [-0.2, 0) is 4.74 Å². The van der Waals surface area contributed by atoms with E-state index in [1.54, 1.807) is 25.3 Å². The van der Waals surface area contributed by atoms with Gasteiger partial charge in [0.05, 0.1) is 24.3 Å². The minimum absolute atomic E-state index is 0.0562. The van der Waals surface area contributed by atoms with E-state index < -0.39 is 0 Å². The van der Waals surface area contributed by atoms with E-state index in [1.807, 2.05) is 13.8 Å². The molecule has 1 saturated heterocycles. The van der Waals surface area contributed by atoms with Crippen LogP contribution in [0, 0.1) is 11.3 Å². The van der Waals surface area contributed by atoms with Gasteiger partial charge in [0.25, 0.3) is 0 Å². The minimum atomic E-state index is -0.359. The van der Waals surface area contributed by atoms with Crippen LogP contribution in [0.2, 0.25) is 0 Å². The third kappa shape index (κ3) is 2.88. The van der Waals surface area contributed by atoms with Crippen LogP contribution >= 0.6 is 0 Å². The molecule has 1 unspecified atom stereocenters. The molecule has 108 valence electrons. The van der Waals surface area contributed by atoms with Crippen LogP contribution in [0.4, 0.5) is 0 Å². The molecule has 1 atom stereocenters. The topological polar surface area (TPSA) is 51.5 Å². The lowest BCUT2D eigenvalue weighted by atomic mass is 9.97. The largest absolute Gasteiger partial charge is 0.493 e. The molecule has 0 bridgehead atoms. The second-order valence-electron chi connectivity index (χ2n) is 6.25. The Hall–Kier alpha value is -1.73. The average molecular weight is 275 g/mol. The molecule has 1 aromatic carbocycles. The molecule has 0 aliphatic carbocycles. The van der Waals surface area contributed by atoms with Crippen LogP contribution in [0.5, 0.6) is 11.5 Å². The van der Waals surface area contributed by atoms with Crippen molar-refractivity contribution in [1.82, 2.24) is 0 Å². The molecule has 0 spiro atoms. The third-order valence-electron chi connectivity index (χ3n) is 3.55. The first-order chi connectivity index (χ1) is 9.27. The standard InChI is InChI=1S/C16H21NO3/c1-15(2)9-14(16(3,4)20-15)19-12-7-6-11(10-17)8-13(12)18-5/h6-8,14H,9H2,1-5H3. The molecule has 1 fully saturated rings. The third-order valence-corrected chi connectivity index (χ3v) is 3.55. The normalized spacial score (nSPS) is 23.1. The van der Waals surface area contributed by atoms with E-state index in [1.165, 1.54) is 0 Å². The maximum atomic E-state index is 8.92. The van der Waals surface area contributed by atoms with E-state index in [-0.39, 0.29) is 17.3 Å². The molecule has 1 aliphatic heterocycles. The van der Waals surface area contributed by atoms with Crippen molar-refractivity contribution >= 4 is 0 Å². The zero-order valence-corrected chi connectivity index (χ0v) is 12.7. The first kappa shape index (κ1) is 14.7. The van der Waals surface area contributed by atoms with Gasteiger partial charge < -0.3 is 14.2 Å². The first-order valence-corrected chi connectivity index (χ1v) is 6.72. The molecule has 0 N–H and O–H groups in total. The number of rotatable bonds is 3. The SMILES string of the molecule is COc1cc(C#N)ccc1OC1CC(C)(C)OC1(C)C. The Labute approximate surface area is 120 Å². The van der Waals surface area contributed by atoms with Crippen molar-refractivity contribution in [1.29, 1.82) is 5.26 Å². The van der Waals surface area contributed by atoms with Gasteiger partial charge in [0, 0.05) is 12.5 Å². The highest BCUT2D eigenvalue weighted by atomic mass is 16.6. The Morgan fingerprint density at radius 1 is 1.25 bits per heavy atom. The van der Waals surface area contributed by atoms with Crippen molar-refractivity contribution in [3.63, 3.8) is 0 Å². The van der Waals surface area contributed by atoms with Crippen molar-refractivity contribution in [3.8, 4) is 17.6 Å². The molecule has 1 heterocycles. The zero-order valence-electron chi connectivity index (χ0n) is 12.7. The molecule has 4 heteroatoms. The van der Waals surface area contributed by atoms with Crippen LogP contribution in [0.15, 0.2) is 18.2 Å². The number of hydrogen-bond acceptors (Lipinski definition) is 4. The zero-order chi connectivity index (χ0) is 15.0. The lowest BCUT2D eigenvalue weighted by molar-refractivity contribution is -0.0847. The lowest BCUT2D eigenvalue weighted by Crippen LogP contribution is -2.36. The van der Waals surface area contributed by atoms with Crippen LogP contribution in [0.1, 0.15) is 39.7 Å². The average Bonchev–Trinajstić information content (AvgIpc) is 2.57. The summed E-state index contributed by atoms with van der Waals surface area (Å²) in [4.78, 5) is 0. The van der Waals surface area contributed by atoms with Crippen LogP contribution in [0.25, 0.3) is 0 Å². The van der Waals surface area contributed by atoms with Gasteiger partial charge >= 0.3 is 0 Å². The summed E-state index contributed by atoms with van der Waals surface area (Å²) in [6, 6.07) is 7.28. The van der Waals surface area contributed by atoms with Crippen molar-refractivity contribution in [2.75, 3.05) is 7.11 Å². The number of ether oxygens (including phenoxy) is 3. The van der Waals surface area contributed by atoms with Gasteiger partial charge in [-0.25, -0.2) is 0 Å². The number of nitrogens with zero attached hydrogens (tertiary/aromatic N) is 1. The smallest absolute Gasteiger partial charge is 0.162 e. The van der Waals surface area contributed by atoms with Crippen molar-refractivity contribution in [2.24, 2.45) is 0 Å². The van der Waals surface area contributed by atoms with Crippen molar-refractivity contribution in [2.45, 2.75) is 51.4 Å². The lowest BCUT2D eigenvalue weighted by Gasteiger charge is -2.27. The van der Waals surface area contributed by atoms with Crippen molar-refractivity contribution < 1.29 is 14.2 Å². The maximum absolute atomic E-state index is 8.92. The molecule has 0 radical (unpaired) electrons. The fourth-order valence-electron chi connectivity index (χ4n) is 2.68. The van der Waals surface area contributed by atoms with E-state index in [2.05, 4.69) is 19.9 Å². The maximum Gasteiger partial charge on any atom is 0.162 e. The van der Waals surface area contributed by atoms with Crippen molar-refractivity contribution in [3.05, 3.63) is 23.8 Å². The Kier molecular flexibility index (Phi) is 3.66. The van der Waals surface area contributed by atoms with E-state index in [0.29, 0.717) is 17.1 Å². The highest BCUT2D eigenvalue weighted by Gasteiger charge is 2.47. The Morgan fingerprint density at radius 3 is 2.45 bits per heavy atom. The monoisotopic (exact) mass is 275 g/mol. The Balaban J connectivity index is 2.25. The van der Waals surface area contributed by atoms with Gasteiger partial charge in [-0.1, -0.05) is 0 Å². The summed E-state index contributed by atoms with van der Waals surface area (Å²) in [5.74, 6) is 1.22. The quantitative estimate of drug-likeness (QED) is 0.849. The predicted octanol–water partition coefficient (Wildman–Crippen LogP) is 3.29. The molecule has 20 heavy (non-hydrogen) atoms. The van der Waals surface area contributed by atoms with E-state index >= 15 is 0 Å². The number of nitriles is 1. The molecular formula is C16H21NO3. The summed E-state index contributed by atoms with van der Waals surface area (Å²) in [6.45, 7) is 8.19. The highest BCUT2D eigenvalue weighted by Crippen LogP contribution is 2.41. The fourth-order valence-corrected chi connectivity index (χ4v) is 2.68. The Bertz CT molecular complexity index is 543. The molecule has 4 nitrogen and oxygen atoms in total. The van der Waals surface area contributed by atoms with Gasteiger partial charge in [0.2, 0.25) is 0 Å². The van der Waals surface area contributed by atoms with Crippen LogP contribution in [-0.4, -0.2) is 24.4 Å².